The minimum Gasteiger partial charge on any atom is -0.464 e. The number of hydrogen-bond acceptors (Lipinski definition) is 16. The highest BCUT2D eigenvalue weighted by molar-refractivity contribution is 8.00. The molecule has 8 unspecified atom stereocenters. The second-order valence-corrected chi connectivity index (χ2v) is 38.8. The quantitative estimate of drug-likeness (QED) is 0.0245. The van der Waals surface area contributed by atoms with E-state index in [4.69, 9.17) is 18.9 Å². The number of amides is 4. The van der Waals surface area contributed by atoms with Crippen LogP contribution < -0.4 is 27.0 Å². The lowest BCUT2D eigenvalue weighted by atomic mass is 9.44. The van der Waals surface area contributed by atoms with Crippen molar-refractivity contribution in [2.45, 2.75) is 249 Å². The molecule has 4 amide bonds. The van der Waals surface area contributed by atoms with Crippen LogP contribution in [0, 0.1) is 92.7 Å². The molecule has 5 aromatic rings. The van der Waals surface area contributed by atoms with Gasteiger partial charge in [0.1, 0.15) is 49.9 Å². The Kier molecular flexibility index (Phi) is 19.7. The van der Waals surface area contributed by atoms with Gasteiger partial charge in [0, 0.05) is 57.3 Å². The lowest BCUT2D eigenvalue weighted by Crippen LogP contribution is -2.54. The molecule has 8 saturated carbocycles. The van der Waals surface area contributed by atoms with Crippen LogP contribution in [0.2, 0.25) is 0 Å². The molecule has 3 aromatic heterocycles. The molecule has 4 aliphatic heterocycles. The van der Waals surface area contributed by atoms with Gasteiger partial charge in [0.25, 0.3) is 0 Å². The van der Waals surface area contributed by atoms with Gasteiger partial charge in [0.2, 0.25) is 0 Å². The van der Waals surface area contributed by atoms with Gasteiger partial charge in [-0.3, -0.25) is 19.2 Å². The molecular formula is C82H113N12O10S2+. The van der Waals surface area contributed by atoms with Crippen LogP contribution in [0.3, 0.4) is 0 Å². The van der Waals surface area contributed by atoms with Crippen LogP contribution in [0.15, 0.2) is 48.8 Å². The Labute approximate surface area is 631 Å². The molecule has 22 nitrogen and oxygen atoms in total. The number of nitrogens with one attached hydrogen (secondary N) is 4. The summed E-state index contributed by atoms with van der Waals surface area (Å²) in [7, 11) is 0. The summed E-state index contributed by atoms with van der Waals surface area (Å²) in [6, 6.07) is 12.8. The Bertz CT molecular complexity index is 3930. The number of benzene rings is 2. The second kappa shape index (κ2) is 28.8. The van der Waals surface area contributed by atoms with E-state index < -0.39 is 0 Å². The van der Waals surface area contributed by atoms with E-state index in [1.165, 1.54) is 77.0 Å². The Morgan fingerprint density at radius 2 is 0.981 bits per heavy atom. The SMILES string of the molecule is C[C@H](CCC(=O)OC[C@@H]1SC[C@@H]2NC(=O)N[C@@H]21)C1CC[C@H]2[C@@H]3CC[C@@H]4C[C@H](OC(=O)Cn5cc(-c6ccc7c8ccc(-c9cn(CC(=O)O[C@@H]%10CCC%11(C)C%12CCC%13(C)C([C@H](C)CCC(=O)OC[C@@H]%14SC[C@@H]%15NC(=O)N[C@@H]%15%14)CC[C@H]%13[C@@H]%12CC[C@H]%11C%10)nn9)cc8n(CC[NH3+])c7c6)nn5)CCC4(C)C3CCC12C. The highest BCUT2D eigenvalue weighted by Gasteiger charge is 2.63. The van der Waals surface area contributed by atoms with Crippen LogP contribution in [0.1, 0.15) is 183 Å². The fourth-order valence-electron chi connectivity index (χ4n) is 25.8. The molecule has 8 aliphatic carbocycles. The Morgan fingerprint density at radius 3 is 1.42 bits per heavy atom. The number of fused-ring (bicyclic) bond motifs is 15. The van der Waals surface area contributed by atoms with Crippen LogP contribution in [0.4, 0.5) is 9.59 Å². The summed E-state index contributed by atoms with van der Waals surface area (Å²) in [5.74, 6) is 8.33. The van der Waals surface area contributed by atoms with Gasteiger partial charge < -0.3 is 50.5 Å². The molecule has 24 atom stereocenters. The van der Waals surface area contributed by atoms with E-state index >= 15 is 0 Å². The molecule has 0 spiro atoms. The zero-order chi connectivity index (χ0) is 73.1. The number of esters is 4. The average molecular weight is 1490 g/mol. The number of carbonyl (C=O) groups excluding carboxylic acids is 6. The lowest BCUT2D eigenvalue weighted by molar-refractivity contribution is -0.369. The van der Waals surface area contributed by atoms with Crippen molar-refractivity contribution in [1.29, 1.82) is 0 Å². The highest BCUT2D eigenvalue weighted by Crippen LogP contribution is 2.71. The zero-order valence-corrected chi connectivity index (χ0v) is 64.7. The third-order valence-corrected chi connectivity index (χ3v) is 34.0. The number of aromatic nitrogens is 7. The Morgan fingerprint density at radius 1 is 0.547 bits per heavy atom. The molecule has 0 radical (unpaired) electrons. The fraction of sp³-hybridized carbons (Fsp3) is 0.732. The average Bonchev–Trinajstić information content (AvgIpc) is 1.27. The minimum atomic E-state index is -0.274. The summed E-state index contributed by atoms with van der Waals surface area (Å²) in [6.07, 6.45) is 26.8. The van der Waals surface area contributed by atoms with Gasteiger partial charge in [0.05, 0.1) is 60.2 Å². The van der Waals surface area contributed by atoms with Gasteiger partial charge in [-0.1, -0.05) is 76.2 Å². The monoisotopic (exact) mass is 1490 g/mol. The minimum absolute atomic E-state index is 0.00375. The van der Waals surface area contributed by atoms with Gasteiger partial charge >= 0.3 is 35.9 Å². The number of thioether (sulfide) groups is 2. The van der Waals surface area contributed by atoms with Crippen LogP contribution in [-0.4, -0.2) is 149 Å². The van der Waals surface area contributed by atoms with E-state index in [1.54, 1.807) is 32.9 Å². The first kappa shape index (κ1) is 72.5. The number of nitrogens with zero attached hydrogens (tertiary/aromatic N) is 7. The third kappa shape index (κ3) is 13.2. The predicted molar refractivity (Wildman–Crippen MR) is 405 cm³/mol. The van der Waals surface area contributed by atoms with Gasteiger partial charge in [-0.15, -0.1) is 10.2 Å². The van der Waals surface area contributed by atoms with E-state index in [0.717, 1.165) is 108 Å². The van der Waals surface area contributed by atoms with E-state index in [9.17, 15) is 28.8 Å². The molecule has 4 saturated heterocycles. The van der Waals surface area contributed by atoms with E-state index in [-0.39, 0.29) is 118 Å². The number of hydrogen-bond donors (Lipinski definition) is 5. The summed E-state index contributed by atoms with van der Waals surface area (Å²) in [5, 5.41) is 32.4. The number of carbonyl (C=O) groups is 6. The summed E-state index contributed by atoms with van der Waals surface area (Å²) >= 11 is 3.54. The summed E-state index contributed by atoms with van der Waals surface area (Å²) < 4.78 is 29.8. The molecule has 24 heteroatoms. The zero-order valence-electron chi connectivity index (χ0n) is 63.1. The number of rotatable bonds is 22. The van der Waals surface area contributed by atoms with Crippen molar-refractivity contribution >= 4 is 81.3 Å². The van der Waals surface area contributed by atoms with Crippen molar-refractivity contribution in [2.24, 2.45) is 92.7 Å². The maximum absolute atomic E-state index is 13.8. The first-order chi connectivity index (χ1) is 51.1. The van der Waals surface area contributed by atoms with Crippen LogP contribution >= 0.6 is 23.5 Å². The summed E-state index contributed by atoms with van der Waals surface area (Å²) in [5.41, 5.74) is 10.6. The standard InChI is InChI=1S/C82H112N12O10S2/c1-45(7-21-71(95)101-41-69-75-65(43-105-69)84-77(99)86-75)57-17-19-59-55-15-11-49-35-51(23-27-79(49,3)61(55)25-29-81(57,59)5)103-73(97)39-92-37-63(88-90-92)47-9-13-53-54-14-10-48(34-68(54)94(32-31-83)67(53)33-47)64-38-93(91-89-64)40-74(98)104-52-24-28-80(4)50(36-52)12-16-56-60-20-18-58(82(60,6)30-26-62(56)80)46(2)8-22-72(96)102-42-70-76-66(44-106-70)85-78(100)87-76/h9-10,13-14,33-34,37-38,45-46,49-52,55-62,65-66,69-70,75-76H,7-8,11-12,15-32,35-36,39-44,83H2,1-6H3,(H2,84,86,99)(H2,85,87,100)/p+1/t45-,46-,49-,50+,51-,52-,55+,56+,57?,58?,59+,60+,61?,62?,65+,66+,69+,70+,75+,76+,79?,80?,81?,82?/m1/s1. The molecular weight excluding hydrogens is 1380 g/mol. The first-order valence-corrected chi connectivity index (χ1v) is 43.0. The van der Waals surface area contributed by atoms with E-state index in [1.807, 2.05) is 12.4 Å². The number of quaternary nitrogens is 1. The lowest BCUT2D eigenvalue weighted by Gasteiger charge is -2.61. The Balaban J connectivity index is 0.464. The van der Waals surface area contributed by atoms with Gasteiger partial charge in [-0.05, 0) is 233 Å². The van der Waals surface area contributed by atoms with Crippen molar-refractivity contribution in [3.8, 4) is 22.5 Å². The van der Waals surface area contributed by atoms with E-state index in [2.05, 4.69) is 130 Å². The Hall–Kier alpha value is -6.40. The molecule has 572 valence electrons. The molecule has 12 fully saturated rings. The van der Waals surface area contributed by atoms with Gasteiger partial charge in [-0.2, -0.15) is 23.5 Å². The molecule has 0 bridgehead atoms. The van der Waals surface area contributed by atoms with Gasteiger partial charge in [0.15, 0.2) is 0 Å². The first-order valence-electron chi connectivity index (χ1n) is 40.9. The van der Waals surface area contributed by atoms with Crippen LogP contribution in [0.5, 0.6) is 0 Å². The molecule has 106 heavy (non-hydrogen) atoms. The van der Waals surface area contributed by atoms with Crippen molar-refractivity contribution in [1.82, 2.24) is 55.8 Å². The summed E-state index contributed by atoms with van der Waals surface area (Å²) in [6.45, 7) is 17.1. The molecule has 7 N–H and O–H groups in total. The predicted octanol–water partition coefficient (Wildman–Crippen LogP) is 11.9. The molecule has 7 heterocycles. The third-order valence-electron chi connectivity index (χ3n) is 31.2. The largest absolute Gasteiger partial charge is 0.464 e. The van der Waals surface area contributed by atoms with Crippen molar-refractivity contribution < 1.29 is 53.4 Å². The topological polar surface area (TPSA) is 281 Å². The molecule has 2 aromatic carbocycles. The normalized spacial score (nSPS) is 38.1. The van der Waals surface area contributed by atoms with Crippen LogP contribution in [0.25, 0.3) is 44.3 Å². The van der Waals surface area contributed by atoms with Crippen molar-refractivity contribution in [2.75, 3.05) is 31.3 Å². The van der Waals surface area contributed by atoms with Gasteiger partial charge in [-0.25, -0.2) is 19.0 Å². The maximum Gasteiger partial charge on any atom is 0.328 e. The summed E-state index contributed by atoms with van der Waals surface area (Å²) in [4.78, 5) is 77.4. The highest BCUT2D eigenvalue weighted by atomic mass is 32.2. The van der Waals surface area contributed by atoms with E-state index in [0.29, 0.717) is 110 Å². The fourth-order valence-corrected chi connectivity index (χ4v) is 28.5. The molecule has 12 aliphatic rings. The molecule has 17 rings (SSSR count). The maximum atomic E-state index is 13.8. The number of ether oxygens (including phenoxy) is 4. The number of urea groups is 2. The van der Waals surface area contributed by atoms with Crippen LogP contribution in [-0.2, 0) is 57.8 Å². The smallest absolute Gasteiger partial charge is 0.328 e. The van der Waals surface area contributed by atoms with Crippen molar-refractivity contribution in [3.05, 3.63) is 48.8 Å². The second-order valence-electron chi connectivity index (χ2n) is 36.3. The van der Waals surface area contributed by atoms with Crippen molar-refractivity contribution in [3.63, 3.8) is 0 Å².